The Morgan fingerprint density at radius 3 is 3.00 bits per heavy atom. The summed E-state index contributed by atoms with van der Waals surface area (Å²) in [6, 6.07) is 5.87. The van der Waals surface area contributed by atoms with E-state index in [1.807, 2.05) is 25.1 Å². The minimum Gasteiger partial charge on any atom is -0.294 e. The Hall–Kier alpha value is -0.630. The standard InChI is InChI=1S/C10H9BrO/c1-6-4-7-5-8(11)2-3-9(7)10(6)12/h2-3,5-6H,4H2,1H3. The summed E-state index contributed by atoms with van der Waals surface area (Å²) in [5, 5.41) is 0. The molecule has 1 aliphatic carbocycles. The molecule has 0 bridgehead atoms. The van der Waals surface area contributed by atoms with E-state index in [-0.39, 0.29) is 11.7 Å². The monoisotopic (exact) mass is 224 g/mol. The lowest BCUT2D eigenvalue weighted by Crippen LogP contribution is -2.02. The number of hydrogen-bond acceptors (Lipinski definition) is 1. The third-order valence-corrected chi connectivity index (χ3v) is 2.80. The smallest absolute Gasteiger partial charge is 0.166 e. The highest BCUT2D eigenvalue weighted by Gasteiger charge is 2.26. The molecule has 0 saturated carbocycles. The molecule has 0 fully saturated rings. The van der Waals surface area contributed by atoms with Gasteiger partial charge >= 0.3 is 0 Å². The molecule has 1 aromatic rings. The molecule has 2 heteroatoms. The molecule has 0 spiro atoms. The van der Waals surface area contributed by atoms with E-state index in [1.54, 1.807) is 0 Å². The van der Waals surface area contributed by atoms with Gasteiger partial charge in [-0.1, -0.05) is 28.9 Å². The average Bonchev–Trinajstić information content (AvgIpc) is 2.28. The quantitative estimate of drug-likeness (QED) is 0.663. The van der Waals surface area contributed by atoms with Crippen molar-refractivity contribution in [1.82, 2.24) is 0 Å². The molecule has 0 aliphatic heterocycles. The van der Waals surface area contributed by atoms with Gasteiger partial charge in [-0.25, -0.2) is 0 Å². The Bertz CT molecular complexity index is 344. The second-order valence-electron chi connectivity index (χ2n) is 3.27. The first kappa shape index (κ1) is 7.99. The minimum absolute atomic E-state index is 0.175. The van der Waals surface area contributed by atoms with Crippen molar-refractivity contribution >= 4 is 21.7 Å². The van der Waals surface area contributed by atoms with E-state index in [0.29, 0.717) is 0 Å². The van der Waals surface area contributed by atoms with Crippen LogP contribution in [0, 0.1) is 5.92 Å². The zero-order valence-electron chi connectivity index (χ0n) is 6.80. The maximum Gasteiger partial charge on any atom is 0.166 e. The molecular formula is C10H9BrO. The summed E-state index contributed by atoms with van der Waals surface area (Å²) < 4.78 is 1.06. The van der Waals surface area contributed by atoms with Crippen LogP contribution in [0.15, 0.2) is 22.7 Å². The Morgan fingerprint density at radius 1 is 1.50 bits per heavy atom. The van der Waals surface area contributed by atoms with Crippen LogP contribution in [0.4, 0.5) is 0 Å². The Kier molecular flexibility index (Phi) is 1.80. The summed E-state index contributed by atoms with van der Waals surface area (Å²) in [7, 11) is 0. The second-order valence-corrected chi connectivity index (χ2v) is 4.19. The van der Waals surface area contributed by atoms with Gasteiger partial charge in [0.1, 0.15) is 0 Å². The predicted molar refractivity (Wildman–Crippen MR) is 51.3 cm³/mol. The number of ketones is 1. The highest BCUT2D eigenvalue weighted by atomic mass is 79.9. The lowest BCUT2D eigenvalue weighted by molar-refractivity contribution is 0.0946. The molecule has 0 heterocycles. The summed E-state index contributed by atoms with van der Waals surface area (Å²) in [6.45, 7) is 1.98. The zero-order chi connectivity index (χ0) is 8.72. The third-order valence-electron chi connectivity index (χ3n) is 2.31. The van der Waals surface area contributed by atoms with E-state index in [2.05, 4.69) is 15.9 Å². The van der Waals surface area contributed by atoms with Gasteiger partial charge in [0.2, 0.25) is 0 Å². The van der Waals surface area contributed by atoms with Crippen molar-refractivity contribution in [3.8, 4) is 0 Å². The Labute approximate surface area is 79.9 Å². The number of Topliss-reactive ketones (excluding diaryl/α,β-unsaturated/α-hetero) is 1. The number of hydrogen-bond donors (Lipinski definition) is 0. The van der Waals surface area contributed by atoms with Crippen LogP contribution >= 0.6 is 15.9 Å². The Balaban J connectivity index is 2.54. The van der Waals surface area contributed by atoms with Crippen molar-refractivity contribution < 1.29 is 4.79 Å². The average molecular weight is 225 g/mol. The number of benzene rings is 1. The maximum atomic E-state index is 11.5. The van der Waals surface area contributed by atoms with E-state index in [9.17, 15) is 4.79 Å². The van der Waals surface area contributed by atoms with Gasteiger partial charge < -0.3 is 0 Å². The molecule has 1 aliphatic rings. The van der Waals surface area contributed by atoms with Crippen molar-refractivity contribution in [3.05, 3.63) is 33.8 Å². The number of carbonyl (C=O) groups excluding carboxylic acids is 1. The molecule has 0 N–H and O–H groups in total. The number of fused-ring (bicyclic) bond motifs is 1. The minimum atomic E-state index is 0.175. The fourth-order valence-electron chi connectivity index (χ4n) is 1.66. The van der Waals surface area contributed by atoms with Gasteiger partial charge in [-0.05, 0) is 24.1 Å². The van der Waals surface area contributed by atoms with Gasteiger partial charge in [0.05, 0.1) is 0 Å². The second kappa shape index (κ2) is 2.70. The summed E-state index contributed by atoms with van der Waals surface area (Å²) in [5.74, 6) is 0.465. The van der Waals surface area contributed by atoms with Crippen LogP contribution < -0.4 is 0 Å². The maximum absolute atomic E-state index is 11.5. The van der Waals surface area contributed by atoms with Crippen LogP contribution in [-0.4, -0.2) is 5.78 Å². The van der Waals surface area contributed by atoms with E-state index in [1.165, 1.54) is 5.56 Å². The van der Waals surface area contributed by atoms with Crippen molar-refractivity contribution in [2.24, 2.45) is 5.92 Å². The summed E-state index contributed by atoms with van der Waals surface area (Å²) >= 11 is 3.39. The van der Waals surface area contributed by atoms with E-state index in [4.69, 9.17) is 0 Å². The highest BCUT2D eigenvalue weighted by molar-refractivity contribution is 9.10. The van der Waals surface area contributed by atoms with Crippen LogP contribution in [0.1, 0.15) is 22.8 Å². The van der Waals surface area contributed by atoms with Crippen LogP contribution in [0.25, 0.3) is 0 Å². The molecule has 1 atom stereocenters. The van der Waals surface area contributed by atoms with Crippen LogP contribution in [-0.2, 0) is 6.42 Å². The van der Waals surface area contributed by atoms with Gasteiger partial charge in [-0.3, -0.25) is 4.79 Å². The van der Waals surface area contributed by atoms with Crippen LogP contribution in [0.2, 0.25) is 0 Å². The van der Waals surface area contributed by atoms with Gasteiger partial charge in [-0.2, -0.15) is 0 Å². The van der Waals surface area contributed by atoms with Crippen molar-refractivity contribution in [1.29, 1.82) is 0 Å². The predicted octanol–water partition coefficient (Wildman–Crippen LogP) is 2.82. The molecule has 12 heavy (non-hydrogen) atoms. The zero-order valence-corrected chi connectivity index (χ0v) is 8.39. The fourth-order valence-corrected chi connectivity index (χ4v) is 2.07. The highest BCUT2D eigenvalue weighted by Crippen LogP contribution is 2.28. The van der Waals surface area contributed by atoms with Crippen molar-refractivity contribution in [2.45, 2.75) is 13.3 Å². The summed E-state index contributed by atoms with van der Waals surface area (Å²) in [5.41, 5.74) is 2.09. The molecule has 0 saturated heterocycles. The first-order valence-electron chi connectivity index (χ1n) is 4.01. The topological polar surface area (TPSA) is 17.1 Å². The SMILES string of the molecule is CC1Cc2cc(Br)ccc2C1=O. The van der Waals surface area contributed by atoms with Crippen LogP contribution in [0.3, 0.4) is 0 Å². The molecule has 1 aromatic carbocycles. The van der Waals surface area contributed by atoms with Gasteiger partial charge in [-0.15, -0.1) is 0 Å². The van der Waals surface area contributed by atoms with Crippen molar-refractivity contribution in [2.75, 3.05) is 0 Å². The molecule has 0 amide bonds. The summed E-state index contributed by atoms with van der Waals surface area (Å²) in [6.07, 6.45) is 0.896. The molecule has 0 aromatic heterocycles. The molecular weight excluding hydrogens is 216 g/mol. The van der Waals surface area contributed by atoms with E-state index in [0.717, 1.165) is 16.5 Å². The van der Waals surface area contributed by atoms with Gasteiger partial charge in [0.25, 0.3) is 0 Å². The first-order valence-corrected chi connectivity index (χ1v) is 4.80. The molecule has 1 nitrogen and oxygen atoms in total. The number of rotatable bonds is 0. The normalized spacial score (nSPS) is 21.2. The largest absolute Gasteiger partial charge is 0.294 e. The van der Waals surface area contributed by atoms with E-state index >= 15 is 0 Å². The first-order chi connectivity index (χ1) is 5.68. The summed E-state index contributed by atoms with van der Waals surface area (Å²) in [4.78, 5) is 11.5. The number of halogens is 1. The van der Waals surface area contributed by atoms with Gasteiger partial charge in [0, 0.05) is 16.0 Å². The van der Waals surface area contributed by atoms with Gasteiger partial charge in [0.15, 0.2) is 5.78 Å². The molecule has 2 rings (SSSR count). The van der Waals surface area contributed by atoms with E-state index < -0.39 is 0 Å². The lowest BCUT2D eigenvalue weighted by Gasteiger charge is -1.95. The lowest BCUT2D eigenvalue weighted by atomic mass is 10.1. The number of carbonyl (C=O) groups is 1. The third kappa shape index (κ3) is 1.11. The molecule has 0 radical (unpaired) electrons. The Morgan fingerprint density at radius 2 is 2.25 bits per heavy atom. The van der Waals surface area contributed by atoms with Crippen molar-refractivity contribution in [3.63, 3.8) is 0 Å². The molecule has 62 valence electrons. The fraction of sp³-hybridized carbons (Fsp3) is 0.300. The molecule has 1 unspecified atom stereocenters. The van der Waals surface area contributed by atoms with Crippen LogP contribution in [0.5, 0.6) is 0 Å².